The summed E-state index contributed by atoms with van der Waals surface area (Å²) in [6.07, 6.45) is 3.37. The molecule has 1 aliphatic heterocycles. The Morgan fingerprint density at radius 2 is 1.97 bits per heavy atom. The lowest BCUT2D eigenvalue weighted by Crippen LogP contribution is -2.46. The second kappa shape index (κ2) is 10.8. The number of hydrogen-bond donors (Lipinski definition) is 4. The van der Waals surface area contributed by atoms with Crippen LogP contribution in [-0.2, 0) is 6.54 Å². The van der Waals surface area contributed by atoms with Gasteiger partial charge in [-0.15, -0.1) is 0 Å². The van der Waals surface area contributed by atoms with E-state index in [-0.39, 0.29) is 35.9 Å². The van der Waals surface area contributed by atoms with Crippen LogP contribution in [0.2, 0.25) is 10.0 Å². The highest BCUT2D eigenvalue weighted by atomic mass is 35.5. The van der Waals surface area contributed by atoms with E-state index in [2.05, 4.69) is 25.9 Å². The second-order valence-electron chi connectivity index (χ2n) is 7.98. The topological polar surface area (TPSA) is 122 Å². The normalized spacial score (nSPS) is 15.5. The van der Waals surface area contributed by atoms with E-state index in [0.29, 0.717) is 39.0 Å². The Morgan fingerprint density at radius 1 is 1.15 bits per heavy atom. The Balaban J connectivity index is 1.49. The molecule has 2 heterocycles. The van der Waals surface area contributed by atoms with E-state index in [1.807, 2.05) is 0 Å². The molecule has 1 fully saturated rings. The molecule has 2 amide bonds. The van der Waals surface area contributed by atoms with Crippen molar-refractivity contribution in [3.8, 4) is 11.3 Å². The highest BCUT2D eigenvalue weighted by Gasteiger charge is 2.20. The van der Waals surface area contributed by atoms with Crippen LogP contribution in [0.25, 0.3) is 11.3 Å². The van der Waals surface area contributed by atoms with Gasteiger partial charge >= 0.3 is 0 Å². The Kier molecular flexibility index (Phi) is 7.62. The zero-order chi connectivity index (χ0) is 24.1. The van der Waals surface area contributed by atoms with Crippen molar-refractivity contribution in [1.82, 2.24) is 25.9 Å². The number of nitrogens with two attached hydrogens (primary N) is 1. The molecule has 2 aromatic carbocycles. The van der Waals surface area contributed by atoms with Crippen molar-refractivity contribution >= 4 is 40.8 Å². The maximum Gasteiger partial charge on any atom is 0.274 e. The Bertz CT molecular complexity index is 1210. The van der Waals surface area contributed by atoms with Gasteiger partial charge in [0.15, 0.2) is 11.5 Å². The molecule has 1 atom stereocenters. The quantitative estimate of drug-likeness (QED) is 0.412. The first kappa shape index (κ1) is 23.9. The minimum Gasteiger partial charge on any atom is -0.382 e. The van der Waals surface area contributed by atoms with Crippen molar-refractivity contribution in [2.24, 2.45) is 0 Å². The van der Waals surface area contributed by atoms with Gasteiger partial charge in [-0.25, -0.2) is 9.97 Å². The van der Waals surface area contributed by atoms with Crippen LogP contribution in [0.1, 0.15) is 39.3 Å². The van der Waals surface area contributed by atoms with Crippen molar-refractivity contribution in [2.45, 2.75) is 25.4 Å². The number of carbonyl (C=O) groups excluding carboxylic acids is 2. The van der Waals surface area contributed by atoms with E-state index in [1.165, 1.54) is 6.20 Å². The van der Waals surface area contributed by atoms with Gasteiger partial charge in [0.1, 0.15) is 0 Å². The van der Waals surface area contributed by atoms with Crippen molar-refractivity contribution in [2.75, 3.05) is 18.8 Å². The number of rotatable bonds is 6. The van der Waals surface area contributed by atoms with Crippen LogP contribution in [0, 0.1) is 0 Å². The lowest BCUT2D eigenvalue weighted by atomic mass is 10.1. The van der Waals surface area contributed by atoms with Gasteiger partial charge < -0.3 is 21.7 Å². The van der Waals surface area contributed by atoms with Crippen molar-refractivity contribution < 1.29 is 9.59 Å². The SMILES string of the molecule is Nc1ncc(-c2cccc(C(=O)NCc3cccc(Cl)c3Cl)c2)nc1C(=O)NC1CCCNC1. The number of anilines is 1. The van der Waals surface area contributed by atoms with Crippen molar-refractivity contribution in [1.29, 1.82) is 0 Å². The lowest BCUT2D eigenvalue weighted by molar-refractivity contribution is 0.0923. The fourth-order valence-electron chi connectivity index (χ4n) is 3.72. The van der Waals surface area contributed by atoms with Crippen LogP contribution in [0.3, 0.4) is 0 Å². The van der Waals surface area contributed by atoms with E-state index < -0.39 is 0 Å². The van der Waals surface area contributed by atoms with Gasteiger partial charge in [-0.1, -0.05) is 47.5 Å². The molecule has 5 N–H and O–H groups in total. The summed E-state index contributed by atoms with van der Waals surface area (Å²) in [5, 5.41) is 9.88. The number of benzene rings is 2. The summed E-state index contributed by atoms with van der Waals surface area (Å²) < 4.78 is 0. The predicted molar refractivity (Wildman–Crippen MR) is 133 cm³/mol. The third kappa shape index (κ3) is 5.64. The van der Waals surface area contributed by atoms with Crippen LogP contribution in [0.5, 0.6) is 0 Å². The summed E-state index contributed by atoms with van der Waals surface area (Å²) >= 11 is 12.2. The summed E-state index contributed by atoms with van der Waals surface area (Å²) in [5.41, 5.74) is 8.21. The highest BCUT2D eigenvalue weighted by Crippen LogP contribution is 2.25. The molecule has 1 saturated heterocycles. The number of nitrogens with one attached hydrogen (secondary N) is 3. The van der Waals surface area contributed by atoms with E-state index in [9.17, 15) is 9.59 Å². The van der Waals surface area contributed by atoms with Gasteiger partial charge in [-0.3, -0.25) is 9.59 Å². The number of nitrogen functional groups attached to an aromatic ring is 1. The molecule has 0 bridgehead atoms. The number of piperidine rings is 1. The highest BCUT2D eigenvalue weighted by molar-refractivity contribution is 6.42. The molecular formula is C24H24Cl2N6O2. The number of aromatic nitrogens is 2. The third-order valence-electron chi connectivity index (χ3n) is 5.54. The standard InChI is InChI=1S/C24H24Cl2N6O2/c25-18-8-2-6-16(20(18)26)11-30-23(33)15-5-1-4-14(10-15)19-13-29-22(27)21(32-19)24(34)31-17-7-3-9-28-12-17/h1-2,4-6,8,10,13,17,28H,3,7,9,11-12H2,(H2,27,29)(H,30,33)(H,31,34). The van der Waals surface area contributed by atoms with E-state index in [1.54, 1.807) is 42.5 Å². The third-order valence-corrected chi connectivity index (χ3v) is 6.40. The molecule has 0 radical (unpaired) electrons. The molecule has 0 spiro atoms. The van der Waals surface area contributed by atoms with Crippen LogP contribution < -0.4 is 21.7 Å². The molecule has 0 saturated carbocycles. The molecular weight excluding hydrogens is 475 g/mol. The largest absolute Gasteiger partial charge is 0.382 e. The van der Waals surface area contributed by atoms with Gasteiger partial charge in [-0.05, 0) is 43.1 Å². The van der Waals surface area contributed by atoms with Gasteiger partial charge in [0.05, 0.1) is 21.9 Å². The Labute approximate surface area is 207 Å². The van der Waals surface area contributed by atoms with Crippen LogP contribution in [0.4, 0.5) is 5.82 Å². The minimum absolute atomic E-state index is 0.0196. The second-order valence-corrected chi connectivity index (χ2v) is 8.77. The Hall–Kier alpha value is -3.20. The van der Waals surface area contributed by atoms with Crippen molar-refractivity contribution in [3.63, 3.8) is 0 Å². The summed E-state index contributed by atoms with van der Waals surface area (Å²) in [6.45, 7) is 1.88. The summed E-state index contributed by atoms with van der Waals surface area (Å²) in [7, 11) is 0. The van der Waals surface area contributed by atoms with Crippen molar-refractivity contribution in [3.05, 3.63) is 75.5 Å². The maximum absolute atomic E-state index is 12.8. The van der Waals surface area contributed by atoms with E-state index in [4.69, 9.17) is 28.9 Å². The molecule has 176 valence electrons. The Morgan fingerprint density at radius 3 is 2.76 bits per heavy atom. The average molecular weight is 499 g/mol. The van der Waals surface area contributed by atoms with Gasteiger partial charge in [-0.2, -0.15) is 0 Å². The molecule has 8 nitrogen and oxygen atoms in total. The molecule has 1 aliphatic rings. The fourth-order valence-corrected chi connectivity index (χ4v) is 4.10. The van der Waals surface area contributed by atoms with Gasteiger partial charge in [0, 0.05) is 30.3 Å². The molecule has 34 heavy (non-hydrogen) atoms. The fraction of sp³-hybridized carbons (Fsp3) is 0.250. The molecule has 4 rings (SSSR count). The van der Waals surface area contributed by atoms with Gasteiger partial charge in [0.2, 0.25) is 0 Å². The van der Waals surface area contributed by atoms with Crippen LogP contribution in [0.15, 0.2) is 48.7 Å². The number of amides is 2. The van der Waals surface area contributed by atoms with E-state index in [0.717, 1.165) is 19.4 Å². The summed E-state index contributed by atoms with van der Waals surface area (Å²) in [4.78, 5) is 34.1. The number of hydrogen-bond acceptors (Lipinski definition) is 6. The smallest absolute Gasteiger partial charge is 0.274 e. The number of carbonyl (C=O) groups is 2. The van der Waals surface area contributed by atoms with E-state index >= 15 is 0 Å². The first-order valence-corrected chi connectivity index (χ1v) is 11.6. The molecule has 1 unspecified atom stereocenters. The first-order chi connectivity index (χ1) is 16.4. The molecule has 0 aliphatic carbocycles. The van der Waals surface area contributed by atoms with Gasteiger partial charge in [0.25, 0.3) is 11.8 Å². The van der Waals surface area contributed by atoms with Crippen LogP contribution in [-0.4, -0.2) is 40.9 Å². The molecule has 3 aromatic rings. The maximum atomic E-state index is 12.8. The zero-order valence-corrected chi connectivity index (χ0v) is 19.8. The average Bonchev–Trinajstić information content (AvgIpc) is 2.85. The predicted octanol–water partition coefficient (Wildman–Crippen LogP) is 3.44. The first-order valence-electron chi connectivity index (χ1n) is 10.9. The van der Waals surface area contributed by atoms with Crippen LogP contribution >= 0.6 is 23.2 Å². The number of halogens is 2. The summed E-state index contributed by atoms with van der Waals surface area (Å²) in [5.74, 6) is -0.603. The zero-order valence-electron chi connectivity index (χ0n) is 18.3. The molecule has 10 heteroatoms. The minimum atomic E-state index is -0.368. The number of nitrogens with zero attached hydrogens (tertiary/aromatic N) is 2. The molecule has 1 aromatic heterocycles. The lowest BCUT2D eigenvalue weighted by Gasteiger charge is -2.23. The summed E-state index contributed by atoms with van der Waals surface area (Å²) in [6, 6.07) is 12.2. The monoisotopic (exact) mass is 498 g/mol.